The molecule has 2 heterocycles. The monoisotopic (exact) mass is 626 g/mol. The predicted molar refractivity (Wildman–Crippen MR) is 139 cm³/mol. The van der Waals surface area contributed by atoms with Crippen molar-refractivity contribution in [2.75, 3.05) is 13.2 Å². The summed E-state index contributed by atoms with van der Waals surface area (Å²) < 4.78 is 22.6. The van der Waals surface area contributed by atoms with Gasteiger partial charge in [0.2, 0.25) is 17.7 Å². The number of nitrogens with one attached hydrogen (secondary N) is 3. The first-order valence-electron chi connectivity index (χ1n) is 13.5. The van der Waals surface area contributed by atoms with Crippen molar-refractivity contribution in [1.82, 2.24) is 16.0 Å². The highest BCUT2D eigenvalue weighted by Crippen LogP contribution is 2.30. The lowest BCUT2D eigenvalue weighted by Gasteiger charge is -2.48. The molecule has 0 radical (unpaired) electrons. The third-order valence-corrected chi connectivity index (χ3v) is 6.90. The van der Waals surface area contributed by atoms with Gasteiger partial charge in [-0.15, -0.1) is 0 Å². The summed E-state index contributed by atoms with van der Waals surface area (Å²) >= 11 is 0. The molecule has 0 bridgehead atoms. The average Bonchev–Trinajstić information content (AvgIpc) is 2.93. The zero-order valence-electron chi connectivity index (χ0n) is 24.0. The average molecular weight is 627 g/mol. The number of ether oxygens (including phenoxy) is 4. The Labute approximate surface area is 246 Å². The van der Waals surface area contributed by atoms with E-state index in [0.29, 0.717) is 0 Å². The van der Waals surface area contributed by atoms with Gasteiger partial charge in [-0.25, -0.2) is 0 Å². The maximum atomic E-state index is 13.0. The minimum atomic E-state index is -1.89. The molecule has 43 heavy (non-hydrogen) atoms. The zero-order chi connectivity index (χ0) is 32.8. The molecular formula is C24H42N4O15. The molecule has 248 valence electrons. The van der Waals surface area contributed by atoms with E-state index < -0.39 is 122 Å². The van der Waals surface area contributed by atoms with Gasteiger partial charge in [-0.3, -0.25) is 19.2 Å². The SMILES string of the molecule is CC(=O)N[C@H]1[C@@H](OC(C)[C@H](NC(=O)[C@H](C)N)C(=O)N[C@@H](C)C(=O)O)O[C@H](CO)[C@H](O)[C@@H]1O[C@@H]1O[C@H](CO)[C@H](O)[C@H](O)[C@H]1O. The quantitative estimate of drug-likeness (QED) is 0.0905. The molecule has 2 aliphatic heterocycles. The summed E-state index contributed by atoms with van der Waals surface area (Å²) in [6.07, 6.45) is -16.3. The van der Waals surface area contributed by atoms with Crippen molar-refractivity contribution in [3.63, 3.8) is 0 Å². The number of rotatable bonds is 13. The molecule has 2 fully saturated rings. The smallest absolute Gasteiger partial charge is 0.325 e. The summed E-state index contributed by atoms with van der Waals surface area (Å²) in [4.78, 5) is 48.8. The van der Waals surface area contributed by atoms with Gasteiger partial charge in [0.1, 0.15) is 60.9 Å². The topological polar surface area (TPSA) is 309 Å². The van der Waals surface area contributed by atoms with E-state index in [1.54, 1.807) is 0 Å². The van der Waals surface area contributed by atoms with E-state index in [1.807, 2.05) is 0 Å². The summed E-state index contributed by atoms with van der Waals surface area (Å²) in [5, 5.41) is 77.2. The number of amides is 3. The van der Waals surface area contributed by atoms with Crippen LogP contribution < -0.4 is 21.7 Å². The van der Waals surface area contributed by atoms with Crippen LogP contribution in [0.4, 0.5) is 0 Å². The van der Waals surface area contributed by atoms with Crippen molar-refractivity contribution in [3.05, 3.63) is 0 Å². The third kappa shape index (κ3) is 9.22. The number of hydrogen-bond acceptors (Lipinski definition) is 15. The number of carboxylic acids is 1. The third-order valence-electron chi connectivity index (χ3n) is 6.90. The first kappa shape index (κ1) is 36.6. The summed E-state index contributed by atoms with van der Waals surface area (Å²) in [7, 11) is 0. The van der Waals surface area contributed by atoms with Gasteiger partial charge < -0.3 is 76.4 Å². The maximum Gasteiger partial charge on any atom is 0.325 e. The fourth-order valence-corrected chi connectivity index (χ4v) is 4.40. The summed E-state index contributed by atoms with van der Waals surface area (Å²) in [5.41, 5.74) is 5.60. The van der Waals surface area contributed by atoms with Gasteiger partial charge >= 0.3 is 5.97 Å². The predicted octanol–water partition coefficient (Wildman–Crippen LogP) is -6.42. The Balaban J connectivity index is 2.41. The van der Waals surface area contributed by atoms with Crippen molar-refractivity contribution >= 4 is 23.7 Å². The van der Waals surface area contributed by atoms with Crippen LogP contribution in [0.2, 0.25) is 0 Å². The summed E-state index contributed by atoms with van der Waals surface area (Å²) in [6, 6.07) is -5.47. The molecule has 0 saturated carbocycles. The van der Waals surface area contributed by atoms with Crippen LogP contribution in [-0.2, 0) is 38.1 Å². The largest absolute Gasteiger partial charge is 0.480 e. The lowest BCUT2D eigenvalue weighted by atomic mass is 9.95. The Bertz CT molecular complexity index is 971. The summed E-state index contributed by atoms with van der Waals surface area (Å²) in [5.74, 6) is -3.83. The molecule has 0 aromatic heterocycles. The number of nitrogens with two attached hydrogens (primary N) is 1. The van der Waals surface area contributed by atoms with Crippen LogP contribution in [-0.4, -0.2) is 158 Å². The Morgan fingerprint density at radius 2 is 1.40 bits per heavy atom. The van der Waals surface area contributed by atoms with E-state index in [2.05, 4.69) is 16.0 Å². The van der Waals surface area contributed by atoms with E-state index in [0.717, 1.165) is 6.92 Å². The molecule has 12 N–H and O–H groups in total. The molecule has 0 spiro atoms. The van der Waals surface area contributed by atoms with Gasteiger partial charge in [0, 0.05) is 6.92 Å². The van der Waals surface area contributed by atoms with E-state index in [9.17, 15) is 54.9 Å². The molecule has 2 rings (SSSR count). The second kappa shape index (κ2) is 16.0. The number of aliphatic carboxylic acids is 1. The van der Waals surface area contributed by atoms with Crippen LogP contribution in [0.3, 0.4) is 0 Å². The van der Waals surface area contributed by atoms with Crippen molar-refractivity contribution < 1.29 is 73.9 Å². The fourth-order valence-electron chi connectivity index (χ4n) is 4.40. The molecule has 3 amide bonds. The maximum absolute atomic E-state index is 13.0. The fraction of sp³-hybridized carbons (Fsp3) is 0.833. The number of carbonyl (C=O) groups is 4. The number of aliphatic hydroxyl groups is 6. The van der Waals surface area contributed by atoms with Crippen molar-refractivity contribution in [2.24, 2.45) is 5.73 Å². The van der Waals surface area contributed by atoms with Crippen LogP contribution in [0, 0.1) is 0 Å². The van der Waals surface area contributed by atoms with Crippen LogP contribution in [0.5, 0.6) is 0 Å². The highest BCUT2D eigenvalue weighted by atomic mass is 16.7. The second-order valence-electron chi connectivity index (χ2n) is 10.4. The first-order chi connectivity index (χ1) is 20.0. The van der Waals surface area contributed by atoms with Crippen LogP contribution in [0.25, 0.3) is 0 Å². The van der Waals surface area contributed by atoms with Gasteiger partial charge in [-0.2, -0.15) is 0 Å². The minimum Gasteiger partial charge on any atom is -0.480 e. The number of hydrogen-bond donors (Lipinski definition) is 11. The lowest BCUT2D eigenvalue weighted by Crippen LogP contribution is -2.69. The molecule has 2 saturated heterocycles. The number of carbonyl (C=O) groups excluding carboxylic acids is 3. The Kier molecular flexibility index (Phi) is 13.6. The molecule has 19 heteroatoms. The van der Waals surface area contributed by atoms with Crippen LogP contribution >= 0.6 is 0 Å². The molecule has 19 nitrogen and oxygen atoms in total. The van der Waals surface area contributed by atoms with E-state index in [-0.39, 0.29) is 0 Å². The van der Waals surface area contributed by atoms with Gasteiger partial charge in [0.05, 0.1) is 25.4 Å². The Hall–Kier alpha value is -2.56. The highest BCUT2D eigenvalue weighted by molar-refractivity contribution is 5.91. The van der Waals surface area contributed by atoms with Crippen molar-refractivity contribution in [2.45, 2.75) is 113 Å². The van der Waals surface area contributed by atoms with Gasteiger partial charge in [-0.1, -0.05) is 0 Å². The van der Waals surface area contributed by atoms with E-state index in [4.69, 9.17) is 24.7 Å². The van der Waals surface area contributed by atoms with Gasteiger partial charge in [0.15, 0.2) is 12.6 Å². The second-order valence-corrected chi connectivity index (χ2v) is 10.4. The lowest BCUT2D eigenvalue weighted by molar-refractivity contribution is -0.347. The van der Waals surface area contributed by atoms with Crippen molar-refractivity contribution in [3.8, 4) is 0 Å². The highest BCUT2D eigenvalue weighted by Gasteiger charge is 2.52. The zero-order valence-corrected chi connectivity index (χ0v) is 24.0. The molecule has 0 aliphatic carbocycles. The number of carboxylic acid groups (broad SMARTS) is 1. The Morgan fingerprint density at radius 3 is 1.91 bits per heavy atom. The molecule has 0 aromatic rings. The first-order valence-corrected chi connectivity index (χ1v) is 13.5. The van der Waals surface area contributed by atoms with E-state index >= 15 is 0 Å². The van der Waals surface area contributed by atoms with Crippen LogP contribution in [0.15, 0.2) is 0 Å². The standard InChI is InChI=1S/C24H42N4O15/c1-7(25)20(36)28-13(21(37)26-8(2)22(38)39)9(3)40-23-14(27-10(4)31)19(16(33)12(6-30)41-23)43-24-18(35)17(34)15(32)11(5-29)42-24/h7-9,11-19,23-24,29-30,32-35H,5-6,25H2,1-4H3,(H,26,37)(H,27,31)(H,28,36)(H,38,39)/t7-,8-,9?,11+,12+,13-,14+,15-,16-,17-,18+,19+,23-,24-/m0/s1. The Morgan fingerprint density at radius 1 is 0.837 bits per heavy atom. The summed E-state index contributed by atoms with van der Waals surface area (Å²) in [6.45, 7) is 3.32. The van der Waals surface area contributed by atoms with Gasteiger partial charge in [-0.05, 0) is 20.8 Å². The molecule has 2 aliphatic rings. The molecular weight excluding hydrogens is 584 g/mol. The molecule has 14 atom stereocenters. The van der Waals surface area contributed by atoms with Gasteiger partial charge in [0.25, 0.3) is 0 Å². The molecule has 1 unspecified atom stereocenters. The molecule has 0 aromatic carbocycles. The van der Waals surface area contributed by atoms with Crippen LogP contribution in [0.1, 0.15) is 27.7 Å². The van der Waals surface area contributed by atoms with Crippen molar-refractivity contribution in [1.29, 1.82) is 0 Å². The minimum absolute atomic E-state index is 0.693. The van der Waals surface area contributed by atoms with E-state index in [1.165, 1.54) is 20.8 Å². The normalized spacial score (nSPS) is 35.6. The number of aliphatic hydroxyl groups excluding tert-OH is 6.